The second-order valence-electron chi connectivity index (χ2n) is 4.40. The first kappa shape index (κ1) is 13.5. The molecule has 0 spiro atoms. The third-order valence-electron chi connectivity index (χ3n) is 2.95. The number of aromatic nitrogens is 1. The molecule has 1 aliphatic rings. The molecule has 0 amide bonds. The Morgan fingerprint density at radius 1 is 1.50 bits per heavy atom. The smallest absolute Gasteiger partial charge is 0.0845 e. The molecule has 1 unspecified atom stereocenters. The number of nitrogens with zero attached hydrogens (tertiary/aromatic N) is 1. The second-order valence-corrected chi connectivity index (χ2v) is 4.81. The van der Waals surface area contributed by atoms with Crippen LogP contribution in [0.25, 0.3) is 5.57 Å². The first-order valence-electron chi connectivity index (χ1n) is 6.04. The maximum Gasteiger partial charge on any atom is 0.0845 e. The van der Waals surface area contributed by atoms with Gasteiger partial charge in [0.2, 0.25) is 0 Å². The predicted octanol–water partition coefficient (Wildman–Crippen LogP) is 1.01. The number of halogens is 1. The van der Waals surface area contributed by atoms with Crippen LogP contribution in [0.1, 0.15) is 17.7 Å². The van der Waals surface area contributed by atoms with E-state index in [-0.39, 0.29) is 6.61 Å². The van der Waals surface area contributed by atoms with Gasteiger partial charge in [0, 0.05) is 19.2 Å². The summed E-state index contributed by atoms with van der Waals surface area (Å²) in [5.41, 5.74) is 2.81. The van der Waals surface area contributed by atoms with E-state index in [1.54, 1.807) is 6.20 Å². The van der Waals surface area contributed by atoms with Crippen LogP contribution >= 0.6 is 11.6 Å². The standard InChI is InChI=1S/C13H17ClN2O2/c14-12-6-9(5-11(18)8-17)7-16-13(12)10-1-3-15-4-2-10/h1,6-7,11,15,17-18H,2-5,8H2. The number of hydrogen-bond acceptors (Lipinski definition) is 4. The van der Waals surface area contributed by atoms with E-state index in [1.807, 2.05) is 6.07 Å². The van der Waals surface area contributed by atoms with Crippen LogP contribution in [0.4, 0.5) is 0 Å². The molecule has 0 saturated heterocycles. The summed E-state index contributed by atoms with van der Waals surface area (Å²) in [5.74, 6) is 0. The summed E-state index contributed by atoms with van der Waals surface area (Å²) in [6.07, 6.45) is 4.34. The summed E-state index contributed by atoms with van der Waals surface area (Å²) in [4.78, 5) is 4.37. The summed E-state index contributed by atoms with van der Waals surface area (Å²) < 4.78 is 0. The van der Waals surface area contributed by atoms with Gasteiger partial charge in [-0.05, 0) is 30.2 Å². The van der Waals surface area contributed by atoms with Gasteiger partial charge in [0.15, 0.2) is 0 Å². The average Bonchev–Trinajstić information content (AvgIpc) is 2.40. The highest BCUT2D eigenvalue weighted by molar-refractivity contribution is 6.32. The molecule has 18 heavy (non-hydrogen) atoms. The maximum absolute atomic E-state index is 9.38. The number of aliphatic hydroxyl groups excluding tert-OH is 2. The Bertz CT molecular complexity index is 449. The molecule has 2 rings (SSSR count). The molecule has 0 bridgehead atoms. The van der Waals surface area contributed by atoms with Crippen LogP contribution in [0, 0.1) is 0 Å². The Balaban J connectivity index is 2.17. The number of rotatable bonds is 4. The van der Waals surface area contributed by atoms with Crippen molar-refractivity contribution in [3.05, 3.63) is 34.6 Å². The Morgan fingerprint density at radius 3 is 2.94 bits per heavy atom. The van der Waals surface area contributed by atoms with Gasteiger partial charge >= 0.3 is 0 Å². The molecule has 3 N–H and O–H groups in total. The third kappa shape index (κ3) is 3.29. The first-order chi connectivity index (χ1) is 8.70. The van der Waals surface area contributed by atoms with E-state index < -0.39 is 6.10 Å². The topological polar surface area (TPSA) is 65.4 Å². The van der Waals surface area contributed by atoms with Crippen molar-refractivity contribution in [3.8, 4) is 0 Å². The molecule has 0 aliphatic carbocycles. The van der Waals surface area contributed by atoms with Crippen molar-refractivity contribution in [3.63, 3.8) is 0 Å². The number of hydrogen-bond donors (Lipinski definition) is 3. The zero-order valence-electron chi connectivity index (χ0n) is 10.1. The molecule has 1 aliphatic heterocycles. The van der Waals surface area contributed by atoms with Crippen molar-refractivity contribution < 1.29 is 10.2 Å². The van der Waals surface area contributed by atoms with Crippen LogP contribution in [0.3, 0.4) is 0 Å². The Hall–Kier alpha value is -0.940. The molecular weight excluding hydrogens is 252 g/mol. The van der Waals surface area contributed by atoms with Crippen molar-refractivity contribution in [2.45, 2.75) is 18.9 Å². The normalized spacial score (nSPS) is 17.4. The van der Waals surface area contributed by atoms with E-state index in [4.69, 9.17) is 16.7 Å². The minimum atomic E-state index is -0.758. The minimum Gasteiger partial charge on any atom is -0.394 e. The van der Waals surface area contributed by atoms with E-state index in [2.05, 4.69) is 16.4 Å². The molecule has 0 saturated carbocycles. The van der Waals surface area contributed by atoms with Gasteiger partial charge in [0.1, 0.15) is 0 Å². The van der Waals surface area contributed by atoms with E-state index in [0.717, 1.165) is 36.3 Å². The number of aliphatic hydroxyl groups is 2. The van der Waals surface area contributed by atoms with Crippen molar-refractivity contribution in [2.75, 3.05) is 19.7 Å². The lowest BCUT2D eigenvalue weighted by molar-refractivity contribution is 0.0954. The van der Waals surface area contributed by atoms with Crippen molar-refractivity contribution in [2.24, 2.45) is 0 Å². The molecule has 2 heterocycles. The summed E-state index contributed by atoms with van der Waals surface area (Å²) in [7, 11) is 0. The van der Waals surface area contributed by atoms with Gasteiger partial charge in [-0.15, -0.1) is 0 Å². The SMILES string of the molecule is OCC(O)Cc1cnc(C2=CCNCC2)c(Cl)c1. The maximum atomic E-state index is 9.38. The van der Waals surface area contributed by atoms with Crippen molar-refractivity contribution in [1.29, 1.82) is 0 Å². The fourth-order valence-corrected chi connectivity index (χ4v) is 2.31. The third-order valence-corrected chi connectivity index (χ3v) is 3.24. The lowest BCUT2D eigenvalue weighted by Gasteiger charge is -2.15. The number of pyridine rings is 1. The molecule has 0 aromatic carbocycles. The molecule has 0 radical (unpaired) electrons. The highest BCUT2D eigenvalue weighted by Gasteiger charge is 2.12. The van der Waals surface area contributed by atoms with Gasteiger partial charge in [0.25, 0.3) is 0 Å². The van der Waals surface area contributed by atoms with Gasteiger partial charge < -0.3 is 15.5 Å². The van der Waals surface area contributed by atoms with Gasteiger partial charge in [-0.3, -0.25) is 4.98 Å². The van der Waals surface area contributed by atoms with Crippen LogP contribution in [0.5, 0.6) is 0 Å². The monoisotopic (exact) mass is 268 g/mol. The predicted molar refractivity (Wildman–Crippen MR) is 71.5 cm³/mol. The molecule has 0 fully saturated rings. The lowest BCUT2D eigenvalue weighted by atomic mass is 10.0. The fourth-order valence-electron chi connectivity index (χ4n) is 2.00. The molecule has 1 aromatic heterocycles. The van der Waals surface area contributed by atoms with E-state index in [0.29, 0.717) is 11.4 Å². The quantitative estimate of drug-likeness (QED) is 0.763. The van der Waals surface area contributed by atoms with E-state index in [9.17, 15) is 5.11 Å². The lowest BCUT2D eigenvalue weighted by Crippen LogP contribution is -2.20. The molecule has 98 valence electrons. The second kappa shape index (κ2) is 6.29. The summed E-state index contributed by atoms with van der Waals surface area (Å²) in [6, 6.07) is 1.81. The van der Waals surface area contributed by atoms with Crippen LogP contribution < -0.4 is 5.32 Å². The zero-order chi connectivity index (χ0) is 13.0. The van der Waals surface area contributed by atoms with Crippen LogP contribution in [-0.4, -0.2) is 41.0 Å². The van der Waals surface area contributed by atoms with Gasteiger partial charge in [-0.2, -0.15) is 0 Å². The average molecular weight is 269 g/mol. The molecule has 1 atom stereocenters. The highest BCUT2D eigenvalue weighted by atomic mass is 35.5. The van der Waals surface area contributed by atoms with Crippen LogP contribution in [-0.2, 0) is 6.42 Å². The highest BCUT2D eigenvalue weighted by Crippen LogP contribution is 2.26. The molecule has 4 nitrogen and oxygen atoms in total. The Kier molecular flexibility index (Phi) is 4.72. The van der Waals surface area contributed by atoms with Crippen LogP contribution in [0.2, 0.25) is 5.02 Å². The van der Waals surface area contributed by atoms with Gasteiger partial charge in [-0.25, -0.2) is 0 Å². The van der Waals surface area contributed by atoms with E-state index in [1.165, 1.54) is 0 Å². The molecular formula is C13H17ClN2O2. The largest absolute Gasteiger partial charge is 0.394 e. The van der Waals surface area contributed by atoms with Crippen LogP contribution in [0.15, 0.2) is 18.3 Å². The van der Waals surface area contributed by atoms with E-state index >= 15 is 0 Å². The first-order valence-corrected chi connectivity index (χ1v) is 6.42. The number of nitrogens with one attached hydrogen (secondary N) is 1. The molecule has 1 aromatic rings. The summed E-state index contributed by atoms with van der Waals surface area (Å²) in [5, 5.41) is 22.0. The van der Waals surface area contributed by atoms with Gasteiger partial charge in [0.05, 0.1) is 23.4 Å². The molecule has 5 heteroatoms. The Morgan fingerprint density at radius 2 is 2.33 bits per heavy atom. The van der Waals surface area contributed by atoms with Gasteiger partial charge in [-0.1, -0.05) is 17.7 Å². The summed E-state index contributed by atoms with van der Waals surface area (Å²) >= 11 is 6.22. The fraction of sp³-hybridized carbons (Fsp3) is 0.462. The Labute approximate surface area is 111 Å². The van der Waals surface area contributed by atoms with Crippen molar-refractivity contribution in [1.82, 2.24) is 10.3 Å². The minimum absolute atomic E-state index is 0.254. The zero-order valence-corrected chi connectivity index (χ0v) is 10.8. The summed E-state index contributed by atoms with van der Waals surface area (Å²) in [6.45, 7) is 1.53. The van der Waals surface area contributed by atoms with Crippen molar-refractivity contribution >= 4 is 17.2 Å².